The molecule has 0 radical (unpaired) electrons. The molecule has 5 atom stereocenters. The Morgan fingerprint density at radius 2 is 1.62 bits per heavy atom. The van der Waals surface area contributed by atoms with E-state index in [0.717, 1.165) is 31.5 Å². The number of likely N-dealkylation sites (tertiary alicyclic amines) is 1. The van der Waals surface area contributed by atoms with Crippen molar-refractivity contribution in [3.63, 3.8) is 0 Å². The predicted octanol–water partition coefficient (Wildman–Crippen LogP) is 3.65. The normalized spacial score (nSPS) is 26.0. The lowest BCUT2D eigenvalue weighted by Gasteiger charge is -2.39. The Kier molecular flexibility index (Phi) is 6.93. The third kappa shape index (κ3) is 4.84. The molecule has 0 spiro atoms. The average molecular weight is 549 g/mol. The van der Waals surface area contributed by atoms with Gasteiger partial charge in [0, 0.05) is 35.5 Å². The Morgan fingerprint density at radius 3 is 2.28 bits per heavy atom. The number of carboxylic acids is 1. The predicted molar refractivity (Wildman–Crippen MR) is 145 cm³/mol. The number of hydrogen-bond acceptors (Lipinski definition) is 6. The number of piperidine rings is 1. The van der Waals surface area contributed by atoms with Gasteiger partial charge in [0.2, 0.25) is 10.0 Å². The number of para-hydroxylation sites is 1. The number of aliphatic hydroxyl groups excluding tert-OH is 1. The molecule has 8 nitrogen and oxygen atoms in total. The first-order valence-electron chi connectivity index (χ1n) is 13.4. The Bertz CT molecular complexity index is 1440. The molecule has 2 fully saturated rings. The van der Waals surface area contributed by atoms with E-state index in [4.69, 9.17) is 4.74 Å². The quantitative estimate of drug-likeness (QED) is 0.413. The van der Waals surface area contributed by atoms with Crippen LogP contribution in [0.15, 0.2) is 83.8 Å². The van der Waals surface area contributed by atoms with Crippen LogP contribution in [0.4, 0.5) is 0 Å². The number of hydrogen-bond donors (Lipinski definition) is 3. The monoisotopic (exact) mass is 548 g/mol. The van der Waals surface area contributed by atoms with E-state index >= 15 is 0 Å². The van der Waals surface area contributed by atoms with Crippen LogP contribution in [0.25, 0.3) is 0 Å². The van der Waals surface area contributed by atoms with Crippen molar-refractivity contribution in [1.29, 1.82) is 0 Å². The summed E-state index contributed by atoms with van der Waals surface area (Å²) in [6.45, 7) is 1.69. The number of ether oxygens (including phenoxy) is 1. The molecule has 6 rings (SSSR count). The summed E-state index contributed by atoms with van der Waals surface area (Å²) in [7, 11) is -3.83. The van der Waals surface area contributed by atoms with Gasteiger partial charge in [0.05, 0.1) is 4.90 Å². The lowest BCUT2D eigenvalue weighted by molar-refractivity contribution is -0.147. The van der Waals surface area contributed by atoms with Gasteiger partial charge in [-0.2, -0.15) is 0 Å². The van der Waals surface area contributed by atoms with Gasteiger partial charge >= 0.3 is 5.97 Å². The molecular formula is C30H32N2O6S. The van der Waals surface area contributed by atoms with Crippen molar-refractivity contribution in [1.82, 2.24) is 9.62 Å². The summed E-state index contributed by atoms with van der Waals surface area (Å²) in [5.74, 6) is -0.840. The number of benzene rings is 3. The third-order valence-corrected chi connectivity index (χ3v) is 10.00. The first-order chi connectivity index (χ1) is 18.8. The summed E-state index contributed by atoms with van der Waals surface area (Å²) in [5, 5.41) is 19.7. The Morgan fingerprint density at radius 1 is 0.949 bits per heavy atom. The maximum absolute atomic E-state index is 13.5. The second-order valence-electron chi connectivity index (χ2n) is 10.7. The Balaban J connectivity index is 1.31. The highest BCUT2D eigenvalue weighted by Crippen LogP contribution is 2.51. The average Bonchev–Trinajstić information content (AvgIpc) is 3.50. The van der Waals surface area contributed by atoms with Crippen LogP contribution in [0.3, 0.4) is 0 Å². The molecule has 204 valence electrons. The third-order valence-electron chi connectivity index (χ3n) is 8.52. The largest absolute Gasteiger partial charge is 0.489 e. The highest BCUT2D eigenvalue weighted by Gasteiger charge is 2.54. The fourth-order valence-corrected chi connectivity index (χ4v) is 7.97. The van der Waals surface area contributed by atoms with Crippen LogP contribution >= 0.6 is 0 Å². The number of fused-ring (bicyclic) bond motifs is 3. The summed E-state index contributed by atoms with van der Waals surface area (Å²) in [5.41, 5.74) is 2.27. The summed E-state index contributed by atoms with van der Waals surface area (Å²) in [6.07, 6.45) is 0.522. The van der Waals surface area contributed by atoms with Crippen LogP contribution in [0.5, 0.6) is 5.75 Å². The van der Waals surface area contributed by atoms with E-state index in [-0.39, 0.29) is 28.5 Å². The molecule has 3 aromatic carbocycles. The molecule has 2 aliphatic heterocycles. The van der Waals surface area contributed by atoms with Crippen LogP contribution in [0.1, 0.15) is 53.9 Å². The van der Waals surface area contributed by atoms with Crippen molar-refractivity contribution in [3.8, 4) is 5.75 Å². The van der Waals surface area contributed by atoms with Crippen LogP contribution < -0.4 is 9.46 Å². The number of sulfonamides is 1. The Labute approximate surface area is 228 Å². The second-order valence-corrected chi connectivity index (χ2v) is 12.4. The molecule has 0 amide bonds. The van der Waals surface area contributed by atoms with Crippen LogP contribution in [0.2, 0.25) is 0 Å². The maximum atomic E-state index is 13.5. The summed E-state index contributed by atoms with van der Waals surface area (Å²) < 4.78 is 36.4. The first kappa shape index (κ1) is 26.0. The standard InChI is InChI=1S/C30H32N2O6S/c33-28(30(34)35)23-13-7-12-22-26-25(38-29(22)23)18-24(27(26)31-39(36,37)21-10-5-2-6-11-21)32-16-14-20(15-17-32)19-8-3-1-4-9-19/h1-13,20,24-28,31,33H,14-18H2,(H,34,35). The van der Waals surface area contributed by atoms with Crippen molar-refractivity contribution < 1.29 is 28.2 Å². The van der Waals surface area contributed by atoms with Crippen molar-refractivity contribution >= 4 is 16.0 Å². The highest BCUT2D eigenvalue weighted by atomic mass is 32.2. The lowest BCUT2D eigenvalue weighted by Crippen LogP contribution is -2.52. The van der Waals surface area contributed by atoms with Crippen molar-refractivity contribution in [2.75, 3.05) is 13.1 Å². The molecule has 1 saturated carbocycles. The molecule has 0 bridgehead atoms. The van der Waals surface area contributed by atoms with Gasteiger partial charge in [-0.3, -0.25) is 4.90 Å². The zero-order valence-corrected chi connectivity index (χ0v) is 22.2. The summed E-state index contributed by atoms with van der Waals surface area (Å²) >= 11 is 0. The van der Waals surface area contributed by atoms with Crippen molar-refractivity contribution in [2.24, 2.45) is 0 Å². The molecule has 0 aromatic heterocycles. The molecule has 1 saturated heterocycles. The minimum absolute atomic E-state index is 0.0867. The SMILES string of the molecule is O=C(O)C(O)c1cccc2c1OC1CC(N3CCC(c4ccccc4)CC3)C(NS(=O)(=O)c3ccccc3)C21. The van der Waals surface area contributed by atoms with Gasteiger partial charge in [-0.1, -0.05) is 66.7 Å². The minimum atomic E-state index is -3.83. The van der Waals surface area contributed by atoms with Gasteiger partial charge in [-0.25, -0.2) is 17.9 Å². The molecule has 5 unspecified atom stereocenters. The molecule has 39 heavy (non-hydrogen) atoms. The smallest absolute Gasteiger partial charge is 0.337 e. The second kappa shape index (κ2) is 10.4. The van der Waals surface area contributed by atoms with E-state index < -0.39 is 28.1 Å². The van der Waals surface area contributed by atoms with E-state index in [1.807, 2.05) is 12.1 Å². The molecule has 3 aromatic rings. The molecule has 2 heterocycles. The number of nitrogens with zero attached hydrogens (tertiary/aromatic N) is 1. The first-order valence-corrected chi connectivity index (χ1v) is 14.9. The maximum Gasteiger partial charge on any atom is 0.337 e. The van der Waals surface area contributed by atoms with Crippen molar-refractivity contribution in [3.05, 3.63) is 95.6 Å². The number of aliphatic carboxylic acids is 1. The highest BCUT2D eigenvalue weighted by molar-refractivity contribution is 7.89. The fourth-order valence-electron chi connectivity index (χ4n) is 6.65. The van der Waals surface area contributed by atoms with Crippen LogP contribution in [-0.4, -0.2) is 60.8 Å². The fraction of sp³-hybridized carbons (Fsp3) is 0.367. The van der Waals surface area contributed by atoms with Crippen LogP contribution in [-0.2, 0) is 14.8 Å². The van der Waals surface area contributed by atoms with Gasteiger partial charge in [0.1, 0.15) is 11.9 Å². The zero-order valence-electron chi connectivity index (χ0n) is 21.4. The zero-order chi connectivity index (χ0) is 27.1. The van der Waals surface area contributed by atoms with E-state index in [2.05, 4.69) is 33.9 Å². The number of carbonyl (C=O) groups is 1. The topological polar surface area (TPSA) is 116 Å². The number of aliphatic hydroxyl groups is 1. The van der Waals surface area contributed by atoms with Gasteiger partial charge < -0.3 is 14.9 Å². The van der Waals surface area contributed by atoms with E-state index in [0.29, 0.717) is 18.1 Å². The number of nitrogens with one attached hydrogen (secondary N) is 1. The minimum Gasteiger partial charge on any atom is -0.489 e. The van der Waals surface area contributed by atoms with E-state index in [1.54, 1.807) is 42.5 Å². The molecule has 3 N–H and O–H groups in total. The molecule has 3 aliphatic rings. The van der Waals surface area contributed by atoms with Gasteiger partial charge in [0.15, 0.2) is 6.10 Å². The van der Waals surface area contributed by atoms with Crippen LogP contribution in [0, 0.1) is 0 Å². The summed E-state index contributed by atoms with van der Waals surface area (Å²) in [4.78, 5) is 14.1. The number of carboxylic acid groups (broad SMARTS) is 1. The molecule has 1 aliphatic carbocycles. The molecule has 9 heteroatoms. The summed E-state index contributed by atoms with van der Waals surface area (Å²) in [6, 6.07) is 23.4. The van der Waals surface area contributed by atoms with E-state index in [9.17, 15) is 23.4 Å². The number of rotatable bonds is 7. The van der Waals surface area contributed by atoms with Gasteiger partial charge in [-0.05, 0) is 49.5 Å². The lowest BCUT2D eigenvalue weighted by atomic mass is 9.87. The Hall–Kier alpha value is -3.24. The van der Waals surface area contributed by atoms with Crippen molar-refractivity contribution in [2.45, 2.75) is 60.3 Å². The molecular weight excluding hydrogens is 516 g/mol. The van der Waals surface area contributed by atoms with E-state index in [1.165, 1.54) is 5.56 Å². The van der Waals surface area contributed by atoms with Gasteiger partial charge in [0.25, 0.3) is 0 Å². The van der Waals surface area contributed by atoms with Gasteiger partial charge in [-0.15, -0.1) is 0 Å².